The van der Waals surface area contributed by atoms with Crippen molar-refractivity contribution in [2.75, 3.05) is 12.3 Å². The number of ether oxygens (including phenoxy) is 1. The van der Waals surface area contributed by atoms with Gasteiger partial charge in [-0.1, -0.05) is 18.2 Å². The first kappa shape index (κ1) is 20.1. The van der Waals surface area contributed by atoms with Gasteiger partial charge in [0.15, 0.2) is 11.6 Å². The fraction of sp³-hybridized carbons (Fsp3) is 0.188. The normalized spacial score (nSPS) is 12.5. The van der Waals surface area contributed by atoms with Crippen molar-refractivity contribution in [2.24, 2.45) is 0 Å². The summed E-state index contributed by atoms with van der Waals surface area (Å²) in [5, 5.41) is 8.40. The van der Waals surface area contributed by atoms with E-state index in [0.29, 0.717) is 10.6 Å². The van der Waals surface area contributed by atoms with Crippen LogP contribution >= 0.6 is 11.8 Å². The van der Waals surface area contributed by atoms with E-state index in [1.54, 1.807) is 18.2 Å². The molecular weight excluding hydrogens is 388 g/mol. The number of sulfonamides is 1. The maximum absolute atomic E-state index is 13.8. The first-order valence-corrected chi connectivity index (χ1v) is 9.77. The number of carboxylic acid groups (broad SMARTS) is 1. The van der Waals surface area contributed by atoms with Gasteiger partial charge in [-0.15, -0.1) is 11.8 Å². The Hall–Kier alpha value is -2.17. The molecule has 0 saturated heterocycles. The van der Waals surface area contributed by atoms with Crippen molar-refractivity contribution in [3.63, 3.8) is 0 Å². The van der Waals surface area contributed by atoms with E-state index >= 15 is 0 Å². The number of aliphatic carboxylic acids is 1. The van der Waals surface area contributed by atoms with Gasteiger partial charge in [-0.05, 0) is 30.3 Å². The highest BCUT2D eigenvalue weighted by Crippen LogP contribution is 2.25. The number of nitrogens with one attached hydrogen (secondary N) is 1. The summed E-state index contributed by atoms with van der Waals surface area (Å²) in [7, 11) is -3.61. The molecule has 0 spiro atoms. The fourth-order valence-corrected chi connectivity index (χ4v) is 3.83. The lowest BCUT2D eigenvalue weighted by molar-refractivity contribution is -0.153. The molecule has 1 atom stereocenters. The highest BCUT2D eigenvalue weighted by Gasteiger charge is 2.19. The lowest BCUT2D eigenvalue weighted by Crippen LogP contribution is -2.25. The van der Waals surface area contributed by atoms with Gasteiger partial charge in [0.25, 0.3) is 0 Å². The van der Waals surface area contributed by atoms with Gasteiger partial charge in [-0.3, -0.25) is 0 Å². The summed E-state index contributed by atoms with van der Waals surface area (Å²) in [5.74, 6) is -2.96. The molecule has 0 aliphatic rings. The quantitative estimate of drug-likeness (QED) is 0.494. The zero-order chi connectivity index (χ0) is 19.2. The van der Waals surface area contributed by atoms with E-state index in [-0.39, 0.29) is 11.4 Å². The summed E-state index contributed by atoms with van der Waals surface area (Å²) in [6.45, 7) is 0.118. The van der Waals surface area contributed by atoms with Gasteiger partial charge in [-0.25, -0.2) is 22.3 Å². The van der Waals surface area contributed by atoms with Crippen molar-refractivity contribution in [1.82, 2.24) is 4.72 Å². The Morgan fingerprint density at radius 2 is 1.92 bits per heavy atom. The largest absolute Gasteiger partial charge is 0.476 e. The SMILES string of the molecule is O=C(O)C(F)Oc1ccc(SCCNS(=O)(=O)c2ccccc2)cc1F. The Bertz CT molecular complexity index is 862. The van der Waals surface area contributed by atoms with Crippen LogP contribution in [0.15, 0.2) is 58.3 Å². The van der Waals surface area contributed by atoms with Crippen molar-refractivity contribution in [2.45, 2.75) is 16.1 Å². The molecule has 0 radical (unpaired) electrons. The van der Waals surface area contributed by atoms with Crippen LogP contribution in [0.3, 0.4) is 0 Å². The molecule has 2 rings (SSSR count). The summed E-state index contributed by atoms with van der Waals surface area (Å²) >= 11 is 1.17. The average molecular weight is 403 g/mol. The van der Waals surface area contributed by atoms with Crippen LogP contribution in [0, 0.1) is 5.82 Å². The molecule has 10 heteroatoms. The van der Waals surface area contributed by atoms with Crippen molar-refractivity contribution >= 4 is 27.8 Å². The lowest BCUT2D eigenvalue weighted by atomic mass is 10.3. The second-order valence-electron chi connectivity index (χ2n) is 4.92. The zero-order valence-corrected chi connectivity index (χ0v) is 14.9. The average Bonchev–Trinajstić information content (AvgIpc) is 2.61. The van der Waals surface area contributed by atoms with E-state index in [1.807, 2.05) is 0 Å². The van der Waals surface area contributed by atoms with Gasteiger partial charge >= 0.3 is 12.3 Å². The minimum atomic E-state index is -3.61. The van der Waals surface area contributed by atoms with Gasteiger partial charge in [0.2, 0.25) is 10.0 Å². The number of hydrogen-bond acceptors (Lipinski definition) is 5. The smallest absolute Gasteiger partial charge is 0.378 e. The summed E-state index contributed by atoms with van der Waals surface area (Å²) in [6, 6.07) is 11.5. The molecule has 140 valence electrons. The van der Waals surface area contributed by atoms with Crippen molar-refractivity contribution in [1.29, 1.82) is 0 Å². The minimum absolute atomic E-state index is 0.118. The lowest BCUT2D eigenvalue weighted by Gasteiger charge is -2.10. The van der Waals surface area contributed by atoms with Gasteiger partial charge in [0.05, 0.1) is 4.90 Å². The summed E-state index contributed by atoms with van der Waals surface area (Å²) in [5.41, 5.74) is 0. The Labute approximate surface area is 153 Å². The minimum Gasteiger partial charge on any atom is -0.476 e. The van der Waals surface area contributed by atoms with E-state index in [0.717, 1.165) is 12.1 Å². The van der Waals surface area contributed by atoms with Crippen molar-refractivity contribution < 1.29 is 31.8 Å². The monoisotopic (exact) mass is 403 g/mol. The van der Waals surface area contributed by atoms with Crippen LogP contribution < -0.4 is 9.46 Å². The third kappa shape index (κ3) is 5.68. The summed E-state index contributed by atoms with van der Waals surface area (Å²) in [4.78, 5) is 11.0. The highest BCUT2D eigenvalue weighted by atomic mass is 32.2. The van der Waals surface area contributed by atoms with Crippen LogP contribution in [0.4, 0.5) is 8.78 Å². The van der Waals surface area contributed by atoms with Gasteiger partial charge < -0.3 is 9.84 Å². The summed E-state index contributed by atoms with van der Waals surface area (Å²) in [6.07, 6.45) is -2.66. The van der Waals surface area contributed by atoms with Crippen LogP contribution in [-0.4, -0.2) is 38.1 Å². The highest BCUT2D eigenvalue weighted by molar-refractivity contribution is 7.99. The molecule has 0 heterocycles. The first-order chi connectivity index (χ1) is 12.3. The van der Waals surface area contributed by atoms with Crippen LogP contribution in [0.1, 0.15) is 0 Å². The van der Waals surface area contributed by atoms with Crippen LogP contribution in [-0.2, 0) is 14.8 Å². The van der Waals surface area contributed by atoms with E-state index < -0.39 is 33.9 Å². The first-order valence-electron chi connectivity index (χ1n) is 7.30. The van der Waals surface area contributed by atoms with Crippen LogP contribution in [0.2, 0.25) is 0 Å². The number of benzene rings is 2. The predicted molar refractivity (Wildman–Crippen MR) is 91.9 cm³/mol. The number of hydrogen-bond donors (Lipinski definition) is 2. The molecule has 2 N–H and O–H groups in total. The molecule has 0 aliphatic heterocycles. The molecule has 0 amide bonds. The van der Waals surface area contributed by atoms with Gasteiger partial charge in [0, 0.05) is 17.2 Å². The maximum atomic E-state index is 13.8. The van der Waals surface area contributed by atoms with E-state index in [2.05, 4.69) is 9.46 Å². The number of thioether (sulfide) groups is 1. The molecule has 0 saturated carbocycles. The predicted octanol–water partition coefficient (Wildman–Crippen LogP) is 2.66. The number of alkyl halides is 1. The van der Waals surface area contributed by atoms with E-state index in [1.165, 1.54) is 30.0 Å². The van der Waals surface area contributed by atoms with Crippen LogP contribution in [0.25, 0.3) is 0 Å². The fourth-order valence-electron chi connectivity index (χ4n) is 1.86. The molecule has 6 nitrogen and oxygen atoms in total. The number of carboxylic acids is 1. The van der Waals surface area contributed by atoms with E-state index in [4.69, 9.17) is 5.11 Å². The Morgan fingerprint density at radius 1 is 1.23 bits per heavy atom. The number of carbonyl (C=O) groups is 1. The van der Waals surface area contributed by atoms with Gasteiger partial charge in [-0.2, -0.15) is 4.39 Å². The summed E-state index contributed by atoms with van der Waals surface area (Å²) < 4.78 is 57.5. The molecule has 2 aromatic rings. The Balaban J connectivity index is 1.86. The standard InChI is InChI=1S/C16H15F2NO5S2/c17-13-10-11(6-7-14(13)24-15(18)16(20)21)25-9-8-19-26(22,23)12-4-2-1-3-5-12/h1-7,10,15,19H,8-9H2,(H,20,21). The third-order valence-corrected chi connectivity index (χ3v) is 5.52. The zero-order valence-electron chi connectivity index (χ0n) is 13.3. The second kappa shape index (κ2) is 8.97. The second-order valence-corrected chi connectivity index (χ2v) is 7.86. The molecule has 1 unspecified atom stereocenters. The number of rotatable bonds is 9. The molecule has 0 aliphatic carbocycles. The van der Waals surface area contributed by atoms with E-state index in [9.17, 15) is 22.0 Å². The Morgan fingerprint density at radius 3 is 2.54 bits per heavy atom. The third-order valence-electron chi connectivity index (χ3n) is 3.04. The maximum Gasteiger partial charge on any atom is 0.378 e. The molecule has 2 aromatic carbocycles. The molecule has 26 heavy (non-hydrogen) atoms. The van der Waals surface area contributed by atoms with Crippen molar-refractivity contribution in [3.8, 4) is 5.75 Å². The van der Waals surface area contributed by atoms with Gasteiger partial charge in [0.1, 0.15) is 0 Å². The molecule has 0 fully saturated rings. The molecule has 0 bridgehead atoms. The Kier molecular flexibility index (Phi) is 6.95. The van der Waals surface area contributed by atoms with Crippen LogP contribution in [0.5, 0.6) is 5.75 Å². The number of halogens is 2. The molecule has 0 aromatic heterocycles. The topological polar surface area (TPSA) is 92.7 Å². The molecular formula is C16H15F2NO5S2. The van der Waals surface area contributed by atoms with Crippen molar-refractivity contribution in [3.05, 3.63) is 54.3 Å².